The predicted octanol–water partition coefficient (Wildman–Crippen LogP) is 1.02. The highest BCUT2D eigenvalue weighted by atomic mass is 16.5. The van der Waals surface area contributed by atoms with Crippen molar-refractivity contribution in [2.24, 2.45) is 0 Å². The molecule has 0 aliphatic carbocycles. The number of nitrogens with two attached hydrogens (primary N) is 1. The van der Waals surface area contributed by atoms with Crippen LogP contribution in [0.1, 0.15) is 30.4 Å². The second-order valence-electron chi connectivity index (χ2n) is 4.11. The van der Waals surface area contributed by atoms with Crippen molar-refractivity contribution in [1.82, 2.24) is 19.3 Å². The Labute approximate surface area is 104 Å². The van der Waals surface area contributed by atoms with Gasteiger partial charge in [0.2, 0.25) is 0 Å². The molecule has 7 heteroatoms. The minimum absolute atomic E-state index is 0.106. The summed E-state index contributed by atoms with van der Waals surface area (Å²) >= 11 is 0. The van der Waals surface area contributed by atoms with Crippen LogP contribution in [0.5, 0.6) is 0 Å². The number of esters is 1. The lowest BCUT2D eigenvalue weighted by atomic mass is 10.4. The van der Waals surface area contributed by atoms with Gasteiger partial charge in [0, 0.05) is 12.2 Å². The summed E-state index contributed by atoms with van der Waals surface area (Å²) < 4.78 is 7.99. The third-order valence-corrected chi connectivity index (χ3v) is 2.58. The molecule has 0 atom stereocenters. The average molecular weight is 249 g/mol. The number of hydrogen-bond acceptors (Lipinski definition) is 5. The van der Waals surface area contributed by atoms with Gasteiger partial charge in [-0.3, -0.25) is 9.25 Å². The van der Waals surface area contributed by atoms with E-state index in [-0.39, 0.29) is 17.6 Å². The fraction of sp³-hybridized carbons (Fsp3) is 0.364. The van der Waals surface area contributed by atoms with Gasteiger partial charge in [0.1, 0.15) is 12.1 Å². The number of anilines is 1. The van der Waals surface area contributed by atoms with Gasteiger partial charge in [0.05, 0.1) is 19.0 Å². The molecule has 7 nitrogen and oxygen atoms in total. The fourth-order valence-electron chi connectivity index (χ4n) is 1.55. The topological polar surface area (TPSA) is 88.0 Å². The summed E-state index contributed by atoms with van der Waals surface area (Å²) in [5, 5.41) is 4.20. The van der Waals surface area contributed by atoms with Crippen LogP contribution in [0.3, 0.4) is 0 Å². The Morgan fingerprint density at radius 2 is 2.22 bits per heavy atom. The number of nitrogens with zero attached hydrogens (tertiary/aromatic N) is 4. The van der Waals surface area contributed by atoms with Gasteiger partial charge in [-0.05, 0) is 13.8 Å². The van der Waals surface area contributed by atoms with E-state index in [0.717, 1.165) is 5.69 Å². The summed E-state index contributed by atoms with van der Waals surface area (Å²) in [5.74, 6) is -0.312. The van der Waals surface area contributed by atoms with Gasteiger partial charge >= 0.3 is 5.97 Å². The molecule has 2 heterocycles. The lowest BCUT2D eigenvalue weighted by Crippen LogP contribution is -2.07. The van der Waals surface area contributed by atoms with Crippen molar-refractivity contribution in [3.05, 3.63) is 24.4 Å². The van der Waals surface area contributed by atoms with Crippen molar-refractivity contribution in [3.8, 4) is 5.69 Å². The zero-order chi connectivity index (χ0) is 13.3. The monoisotopic (exact) mass is 249 g/mol. The van der Waals surface area contributed by atoms with Crippen molar-refractivity contribution in [3.63, 3.8) is 0 Å². The number of hydrogen-bond donors (Lipinski definition) is 1. The molecular formula is C11H15N5O2. The number of methoxy groups -OCH3 is 1. The molecule has 0 unspecified atom stereocenters. The smallest absolute Gasteiger partial charge is 0.360 e. The molecule has 0 saturated carbocycles. The summed E-state index contributed by atoms with van der Waals surface area (Å²) in [7, 11) is 1.29. The third kappa shape index (κ3) is 1.94. The molecule has 0 aliphatic heterocycles. The van der Waals surface area contributed by atoms with Crippen molar-refractivity contribution in [1.29, 1.82) is 0 Å². The van der Waals surface area contributed by atoms with Gasteiger partial charge in [0.15, 0.2) is 5.69 Å². The Hall–Kier alpha value is -2.31. The summed E-state index contributed by atoms with van der Waals surface area (Å²) in [6.07, 6.45) is 4.98. The minimum Gasteiger partial charge on any atom is -0.464 e. The maximum atomic E-state index is 11.4. The maximum Gasteiger partial charge on any atom is 0.360 e. The first-order valence-corrected chi connectivity index (χ1v) is 5.50. The van der Waals surface area contributed by atoms with Crippen LogP contribution in [-0.2, 0) is 4.74 Å². The van der Waals surface area contributed by atoms with Crippen LogP contribution in [0.2, 0.25) is 0 Å². The first-order valence-electron chi connectivity index (χ1n) is 5.50. The number of nitrogen functional groups attached to an aromatic ring is 1. The number of carbonyl (C=O) groups is 1. The molecule has 0 aliphatic rings. The molecule has 0 spiro atoms. The van der Waals surface area contributed by atoms with Gasteiger partial charge in [-0.25, -0.2) is 9.78 Å². The highest BCUT2D eigenvalue weighted by Crippen LogP contribution is 2.18. The largest absolute Gasteiger partial charge is 0.464 e. The van der Waals surface area contributed by atoms with Gasteiger partial charge in [-0.2, -0.15) is 5.10 Å². The second kappa shape index (κ2) is 4.52. The number of aromatic nitrogens is 4. The zero-order valence-corrected chi connectivity index (χ0v) is 10.5. The lowest BCUT2D eigenvalue weighted by Gasteiger charge is -2.04. The molecule has 0 aromatic carbocycles. The molecule has 96 valence electrons. The number of carbonyl (C=O) groups excluding carboxylic acids is 1. The third-order valence-electron chi connectivity index (χ3n) is 2.58. The molecule has 2 aromatic heterocycles. The van der Waals surface area contributed by atoms with E-state index in [4.69, 9.17) is 5.73 Å². The molecular weight excluding hydrogens is 234 g/mol. The maximum absolute atomic E-state index is 11.4. The van der Waals surface area contributed by atoms with Crippen LogP contribution in [-0.4, -0.2) is 32.4 Å². The minimum atomic E-state index is -0.553. The lowest BCUT2D eigenvalue weighted by molar-refractivity contribution is 0.0596. The molecule has 0 saturated heterocycles. The van der Waals surface area contributed by atoms with E-state index in [1.54, 1.807) is 15.4 Å². The Morgan fingerprint density at radius 3 is 2.78 bits per heavy atom. The van der Waals surface area contributed by atoms with Crippen LogP contribution in [0, 0.1) is 0 Å². The van der Waals surface area contributed by atoms with Crippen molar-refractivity contribution in [2.45, 2.75) is 19.9 Å². The van der Waals surface area contributed by atoms with Crippen molar-refractivity contribution >= 4 is 11.8 Å². The Morgan fingerprint density at radius 1 is 1.50 bits per heavy atom. The molecule has 18 heavy (non-hydrogen) atoms. The summed E-state index contributed by atoms with van der Waals surface area (Å²) in [6.45, 7) is 4.04. The molecule has 0 amide bonds. The standard InChI is InChI=1S/C11H15N5O2/c1-7(2)16-5-8(4-14-16)15-6-13-9(10(15)12)11(17)18-3/h4-7H,12H2,1-3H3. The highest BCUT2D eigenvalue weighted by Gasteiger charge is 2.17. The van der Waals surface area contributed by atoms with Crippen molar-refractivity contribution < 1.29 is 9.53 Å². The summed E-state index contributed by atoms with van der Waals surface area (Å²) in [6, 6.07) is 0.253. The average Bonchev–Trinajstić information content (AvgIpc) is 2.94. The van der Waals surface area contributed by atoms with E-state index in [1.165, 1.54) is 13.4 Å². The van der Waals surface area contributed by atoms with E-state index >= 15 is 0 Å². The molecule has 2 rings (SSSR count). The van der Waals surface area contributed by atoms with E-state index in [9.17, 15) is 4.79 Å². The van der Waals surface area contributed by atoms with Gasteiger partial charge in [-0.1, -0.05) is 0 Å². The highest BCUT2D eigenvalue weighted by molar-refractivity contribution is 5.92. The first-order chi connectivity index (χ1) is 8.54. The molecule has 0 radical (unpaired) electrons. The van der Waals surface area contributed by atoms with E-state index in [0.29, 0.717) is 0 Å². The molecule has 0 fully saturated rings. The SMILES string of the molecule is COC(=O)c1ncn(-c2cnn(C(C)C)c2)c1N. The second-order valence-corrected chi connectivity index (χ2v) is 4.11. The Kier molecular flexibility index (Phi) is 3.05. The number of ether oxygens (including phenoxy) is 1. The Bertz CT molecular complexity index is 570. The fourth-order valence-corrected chi connectivity index (χ4v) is 1.55. The molecule has 0 bridgehead atoms. The predicted molar refractivity (Wildman–Crippen MR) is 65.5 cm³/mol. The van der Waals surface area contributed by atoms with Crippen molar-refractivity contribution in [2.75, 3.05) is 12.8 Å². The van der Waals surface area contributed by atoms with Gasteiger partial charge in [0.25, 0.3) is 0 Å². The molecule has 2 aromatic rings. The van der Waals surface area contributed by atoms with Crippen LogP contribution in [0.4, 0.5) is 5.82 Å². The number of rotatable bonds is 3. The van der Waals surface area contributed by atoms with Crippen LogP contribution in [0.25, 0.3) is 5.69 Å². The van der Waals surface area contributed by atoms with E-state index < -0.39 is 5.97 Å². The molecule has 2 N–H and O–H groups in total. The van der Waals surface area contributed by atoms with Gasteiger partial charge in [-0.15, -0.1) is 0 Å². The van der Waals surface area contributed by atoms with Gasteiger partial charge < -0.3 is 10.5 Å². The van der Waals surface area contributed by atoms with E-state index in [2.05, 4.69) is 14.8 Å². The van der Waals surface area contributed by atoms with Crippen LogP contribution >= 0.6 is 0 Å². The zero-order valence-electron chi connectivity index (χ0n) is 10.5. The first kappa shape index (κ1) is 12.2. The summed E-state index contributed by atoms with van der Waals surface area (Å²) in [4.78, 5) is 15.3. The van der Waals surface area contributed by atoms with Crippen LogP contribution in [0.15, 0.2) is 18.7 Å². The normalized spacial score (nSPS) is 10.9. The quantitative estimate of drug-likeness (QED) is 0.820. The van der Waals surface area contributed by atoms with E-state index in [1.807, 2.05) is 20.0 Å². The number of imidazole rings is 1. The summed E-state index contributed by atoms with van der Waals surface area (Å²) in [5.41, 5.74) is 6.72. The Balaban J connectivity index is 2.39. The van der Waals surface area contributed by atoms with Crippen LogP contribution < -0.4 is 5.73 Å².